The fraction of sp³-hybridized carbons (Fsp3) is 0.278. The first kappa shape index (κ1) is 14.1. The van der Waals surface area contributed by atoms with Gasteiger partial charge in [-0.15, -0.1) is 0 Å². The molecule has 0 radical (unpaired) electrons. The molecule has 4 rings (SSSR count). The summed E-state index contributed by atoms with van der Waals surface area (Å²) >= 11 is 0. The van der Waals surface area contributed by atoms with Gasteiger partial charge in [0.15, 0.2) is 0 Å². The van der Waals surface area contributed by atoms with Gasteiger partial charge in [0, 0.05) is 31.0 Å². The summed E-state index contributed by atoms with van der Waals surface area (Å²) in [6, 6.07) is 14.4. The van der Waals surface area contributed by atoms with Gasteiger partial charge in [0.1, 0.15) is 0 Å². The predicted molar refractivity (Wildman–Crippen MR) is 86.6 cm³/mol. The van der Waals surface area contributed by atoms with Crippen molar-refractivity contribution in [3.05, 3.63) is 66.3 Å². The third kappa shape index (κ3) is 3.14. The molecule has 1 fully saturated rings. The molecule has 1 saturated heterocycles. The largest absolute Gasteiger partial charge is 0.339 e. The molecule has 5 heteroatoms. The lowest BCUT2D eigenvalue weighted by atomic mass is 10.1. The minimum atomic E-state index is 0.316. The maximum absolute atomic E-state index is 5.49. The molecule has 1 aliphatic rings. The van der Waals surface area contributed by atoms with Crippen LogP contribution in [0.1, 0.15) is 23.8 Å². The van der Waals surface area contributed by atoms with Crippen LogP contribution in [0.5, 0.6) is 0 Å². The van der Waals surface area contributed by atoms with Crippen LogP contribution in [0.2, 0.25) is 0 Å². The summed E-state index contributed by atoms with van der Waals surface area (Å²) in [4.78, 5) is 11.1. The third-order valence-corrected chi connectivity index (χ3v) is 4.23. The van der Waals surface area contributed by atoms with Gasteiger partial charge in [-0.3, -0.25) is 9.88 Å². The molecule has 1 aromatic carbocycles. The van der Waals surface area contributed by atoms with E-state index in [1.165, 1.54) is 5.56 Å². The maximum Gasteiger partial charge on any atom is 0.231 e. The molecule has 23 heavy (non-hydrogen) atoms. The molecular weight excluding hydrogens is 288 g/mol. The Morgan fingerprint density at radius 1 is 1.13 bits per heavy atom. The first-order valence-corrected chi connectivity index (χ1v) is 7.89. The first-order chi connectivity index (χ1) is 11.4. The monoisotopic (exact) mass is 306 g/mol. The Balaban J connectivity index is 1.43. The van der Waals surface area contributed by atoms with E-state index in [9.17, 15) is 0 Å². The van der Waals surface area contributed by atoms with Crippen LogP contribution in [0.15, 0.2) is 59.4 Å². The Labute approximate surface area is 135 Å². The van der Waals surface area contributed by atoms with Crippen LogP contribution in [0, 0.1) is 0 Å². The normalized spacial score (nSPS) is 18.3. The zero-order valence-electron chi connectivity index (χ0n) is 12.8. The van der Waals surface area contributed by atoms with Gasteiger partial charge < -0.3 is 4.52 Å². The molecule has 5 nitrogen and oxygen atoms in total. The van der Waals surface area contributed by atoms with E-state index in [0.717, 1.165) is 37.5 Å². The van der Waals surface area contributed by atoms with Crippen molar-refractivity contribution in [3.63, 3.8) is 0 Å². The molecule has 0 amide bonds. The van der Waals surface area contributed by atoms with Crippen molar-refractivity contribution >= 4 is 0 Å². The van der Waals surface area contributed by atoms with E-state index in [2.05, 4.69) is 50.4 Å². The summed E-state index contributed by atoms with van der Waals surface area (Å²) in [5.74, 6) is 1.67. The minimum absolute atomic E-state index is 0.316. The summed E-state index contributed by atoms with van der Waals surface area (Å²) < 4.78 is 5.49. The molecule has 0 spiro atoms. The molecule has 0 N–H and O–H groups in total. The zero-order valence-corrected chi connectivity index (χ0v) is 12.8. The minimum Gasteiger partial charge on any atom is -0.339 e. The first-order valence-electron chi connectivity index (χ1n) is 7.89. The second kappa shape index (κ2) is 6.30. The molecule has 1 aliphatic heterocycles. The van der Waals surface area contributed by atoms with Crippen LogP contribution in [-0.4, -0.2) is 33.1 Å². The third-order valence-electron chi connectivity index (χ3n) is 4.23. The van der Waals surface area contributed by atoms with E-state index in [-0.39, 0.29) is 0 Å². The Morgan fingerprint density at radius 3 is 2.87 bits per heavy atom. The number of rotatable bonds is 4. The van der Waals surface area contributed by atoms with Crippen molar-refractivity contribution in [2.24, 2.45) is 0 Å². The standard InChI is InChI=1S/C18H18N4O/c1-2-5-14(6-3-1)12-22-10-8-16(13-22)18-20-17(21-23-18)15-7-4-9-19-11-15/h1-7,9,11,16H,8,10,12-13H2/t16-/m1/s1. The summed E-state index contributed by atoms with van der Waals surface area (Å²) in [6.07, 6.45) is 4.55. The molecule has 0 saturated carbocycles. The maximum atomic E-state index is 5.49. The number of likely N-dealkylation sites (tertiary alicyclic amines) is 1. The molecule has 0 unspecified atom stereocenters. The van der Waals surface area contributed by atoms with Crippen LogP contribution in [0.3, 0.4) is 0 Å². The van der Waals surface area contributed by atoms with Gasteiger partial charge in [-0.25, -0.2) is 0 Å². The molecular formula is C18H18N4O. The predicted octanol–water partition coefficient (Wildman–Crippen LogP) is 3.12. The van der Waals surface area contributed by atoms with E-state index in [4.69, 9.17) is 4.52 Å². The lowest BCUT2D eigenvalue weighted by Gasteiger charge is -2.14. The Kier molecular flexibility index (Phi) is 3.86. The van der Waals surface area contributed by atoms with E-state index >= 15 is 0 Å². The highest BCUT2D eigenvalue weighted by molar-refractivity contribution is 5.51. The van der Waals surface area contributed by atoms with Gasteiger partial charge in [0.25, 0.3) is 0 Å². The van der Waals surface area contributed by atoms with E-state index in [0.29, 0.717) is 11.7 Å². The number of hydrogen-bond donors (Lipinski definition) is 0. The van der Waals surface area contributed by atoms with Crippen molar-refractivity contribution in [2.75, 3.05) is 13.1 Å². The van der Waals surface area contributed by atoms with Crippen molar-refractivity contribution in [1.82, 2.24) is 20.0 Å². The summed E-state index contributed by atoms with van der Waals surface area (Å²) in [7, 11) is 0. The molecule has 1 atom stereocenters. The van der Waals surface area contributed by atoms with Crippen LogP contribution >= 0.6 is 0 Å². The van der Waals surface area contributed by atoms with Gasteiger partial charge in [0.05, 0.1) is 5.92 Å². The number of nitrogens with zero attached hydrogens (tertiary/aromatic N) is 4. The lowest BCUT2D eigenvalue weighted by Crippen LogP contribution is -2.19. The van der Waals surface area contributed by atoms with Crippen LogP contribution in [0.4, 0.5) is 0 Å². The molecule has 0 bridgehead atoms. The summed E-state index contributed by atoms with van der Waals surface area (Å²) in [6.45, 7) is 2.99. The van der Waals surface area contributed by atoms with Crippen LogP contribution in [0.25, 0.3) is 11.4 Å². The van der Waals surface area contributed by atoms with Crippen LogP contribution in [-0.2, 0) is 6.54 Å². The van der Waals surface area contributed by atoms with Crippen molar-refractivity contribution < 1.29 is 4.52 Å². The molecule has 116 valence electrons. The van der Waals surface area contributed by atoms with E-state index < -0.39 is 0 Å². The van der Waals surface area contributed by atoms with Crippen molar-refractivity contribution in [2.45, 2.75) is 18.9 Å². The van der Waals surface area contributed by atoms with E-state index in [1.807, 2.05) is 12.1 Å². The van der Waals surface area contributed by atoms with Crippen molar-refractivity contribution in [3.8, 4) is 11.4 Å². The van der Waals surface area contributed by atoms with Gasteiger partial charge in [-0.1, -0.05) is 35.5 Å². The van der Waals surface area contributed by atoms with Gasteiger partial charge in [-0.05, 0) is 30.7 Å². The Hall–Kier alpha value is -2.53. The van der Waals surface area contributed by atoms with Gasteiger partial charge in [-0.2, -0.15) is 4.98 Å². The smallest absolute Gasteiger partial charge is 0.231 e. The van der Waals surface area contributed by atoms with Crippen LogP contribution < -0.4 is 0 Å². The van der Waals surface area contributed by atoms with Gasteiger partial charge >= 0.3 is 0 Å². The highest BCUT2D eigenvalue weighted by Crippen LogP contribution is 2.28. The fourth-order valence-electron chi connectivity index (χ4n) is 3.03. The number of aromatic nitrogens is 3. The van der Waals surface area contributed by atoms with Gasteiger partial charge in [0.2, 0.25) is 11.7 Å². The Bertz CT molecular complexity index is 757. The fourth-order valence-corrected chi connectivity index (χ4v) is 3.03. The SMILES string of the molecule is c1ccc(CN2CC[C@@H](c3nc(-c4cccnc4)no3)C2)cc1. The molecule has 3 heterocycles. The molecule has 3 aromatic rings. The highest BCUT2D eigenvalue weighted by atomic mass is 16.5. The molecule has 0 aliphatic carbocycles. The zero-order chi connectivity index (χ0) is 15.5. The number of benzene rings is 1. The summed E-state index contributed by atoms with van der Waals surface area (Å²) in [5.41, 5.74) is 2.23. The highest BCUT2D eigenvalue weighted by Gasteiger charge is 2.28. The second-order valence-corrected chi connectivity index (χ2v) is 5.90. The lowest BCUT2D eigenvalue weighted by molar-refractivity contribution is 0.309. The molecule has 2 aromatic heterocycles. The summed E-state index contributed by atoms with van der Waals surface area (Å²) in [5, 5.41) is 4.10. The second-order valence-electron chi connectivity index (χ2n) is 5.90. The Morgan fingerprint density at radius 2 is 2.04 bits per heavy atom. The average molecular weight is 306 g/mol. The quantitative estimate of drug-likeness (QED) is 0.741. The number of pyridine rings is 1. The topological polar surface area (TPSA) is 55.1 Å². The average Bonchev–Trinajstić information content (AvgIpc) is 3.26. The number of hydrogen-bond acceptors (Lipinski definition) is 5. The van der Waals surface area contributed by atoms with E-state index in [1.54, 1.807) is 12.4 Å². The van der Waals surface area contributed by atoms with Crippen molar-refractivity contribution in [1.29, 1.82) is 0 Å².